The van der Waals surface area contributed by atoms with Crippen LogP contribution in [0.5, 0.6) is 0 Å². The molecule has 41 heavy (non-hydrogen) atoms. The minimum absolute atomic E-state index is 0.282. The first-order chi connectivity index (χ1) is 20.0. The Balaban J connectivity index is 1.38. The molecule has 0 saturated heterocycles. The first-order valence-electron chi connectivity index (χ1n) is 12.7. The van der Waals surface area contributed by atoms with Gasteiger partial charge in [0, 0.05) is 28.2 Å². The van der Waals surface area contributed by atoms with Crippen molar-refractivity contribution in [1.29, 1.82) is 0 Å². The van der Waals surface area contributed by atoms with Crippen LogP contribution in [-0.2, 0) is 0 Å². The van der Waals surface area contributed by atoms with Crippen LogP contribution in [0.2, 0.25) is 0 Å². The third-order valence-electron chi connectivity index (χ3n) is 6.82. The number of nitrogen functional groups attached to an aromatic ring is 1. The first kappa shape index (κ1) is 25.6. The van der Waals surface area contributed by atoms with Crippen molar-refractivity contribution in [1.82, 2.24) is 25.1 Å². The molecular formula is C33H22F2N6. The largest absolute Gasteiger partial charge is 0.398 e. The molecule has 2 aliphatic rings. The highest BCUT2D eigenvalue weighted by atomic mass is 19.1. The number of hydrogen-bond acceptors (Lipinski definition) is 6. The van der Waals surface area contributed by atoms with Crippen molar-refractivity contribution in [2.75, 3.05) is 5.73 Å². The molecule has 6 nitrogen and oxygen atoms in total. The van der Waals surface area contributed by atoms with Crippen molar-refractivity contribution in [2.45, 2.75) is 0 Å². The first-order valence-corrected chi connectivity index (χ1v) is 12.7. The second kappa shape index (κ2) is 10.5. The molecule has 6 rings (SSSR count). The van der Waals surface area contributed by atoms with E-state index >= 15 is 0 Å². The predicted octanol–water partition coefficient (Wildman–Crippen LogP) is 7.56. The van der Waals surface area contributed by atoms with E-state index in [9.17, 15) is 8.78 Å². The summed E-state index contributed by atoms with van der Waals surface area (Å²) in [7, 11) is 0. The third kappa shape index (κ3) is 4.61. The predicted molar refractivity (Wildman–Crippen MR) is 162 cm³/mol. The number of fused-ring (bicyclic) bond motifs is 3. The highest BCUT2D eigenvalue weighted by Gasteiger charge is 2.15. The van der Waals surface area contributed by atoms with Crippen LogP contribution in [0.3, 0.4) is 0 Å². The Kier molecular flexibility index (Phi) is 6.57. The van der Waals surface area contributed by atoms with Gasteiger partial charge in [-0.25, -0.2) is 13.8 Å². The molecule has 3 aromatic carbocycles. The van der Waals surface area contributed by atoms with E-state index < -0.39 is 11.6 Å². The Morgan fingerprint density at radius 2 is 1.44 bits per heavy atom. The van der Waals surface area contributed by atoms with Gasteiger partial charge in [-0.15, -0.1) is 10.2 Å². The second-order valence-corrected chi connectivity index (χ2v) is 9.23. The molecule has 8 heteroatoms. The van der Waals surface area contributed by atoms with Crippen LogP contribution in [0.1, 0.15) is 33.6 Å². The summed E-state index contributed by atoms with van der Waals surface area (Å²) < 4.78 is 28.9. The lowest BCUT2D eigenvalue weighted by molar-refractivity contribution is 0.637. The summed E-state index contributed by atoms with van der Waals surface area (Å²) in [6, 6.07) is 11.4. The van der Waals surface area contributed by atoms with Crippen LogP contribution in [0.4, 0.5) is 14.5 Å². The van der Waals surface area contributed by atoms with Gasteiger partial charge >= 0.3 is 0 Å². The number of rotatable bonds is 6. The average Bonchev–Trinajstić information content (AvgIpc) is 3.25. The number of para-hydroxylation sites is 1. The second-order valence-electron chi connectivity index (χ2n) is 9.23. The number of anilines is 1. The molecule has 1 aromatic heterocycles. The van der Waals surface area contributed by atoms with Crippen molar-refractivity contribution in [3.63, 3.8) is 0 Å². The Morgan fingerprint density at radius 3 is 2.24 bits per heavy atom. The molecule has 0 saturated carbocycles. The van der Waals surface area contributed by atoms with Gasteiger partial charge in [-0.3, -0.25) is 9.97 Å². The lowest BCUT2D eigenvalue weighted by atomic mass is 9.96. The molecule has 2 N–H and O–H groups in total. The van der Waals surface area contributed by atoms with Gasteiger partial charge in [0.2, 0.25) is 0 Å². The maximum Gasteiger partial charge on any atom is 0.149 e. The molecule has 0 spiro atoms. The van der Waals surface area contributed by atoms with E-state index in [0.717, 1.165) is 22.3 Å². The summed E-state index contributed by atoms with van der Waals surface area (Å²) in [5.74, 6) is -0.789. The number of halogens is 2. The lowest BCUT2D eigenvalue weighted by Crippen LogP contribution is -1.94. The number of benzene rings is 3. The summed E-state index contributed by atoms with van der Waals surface area (Å²) in [5.41, 5.74) is 11.9. The van der Waals surface area contributed by atoms with Gasteiger partial charge < -0.3 is 5.73 Å². The number of nitrogens with zero attached hydrogens (tertiary/aromatic N) is 5. The molecule has 198 valence electrons. The van der Waals surface area contributed by atoms with Gasteiger partial charge in [0.05, 0.1) is 18.1 Å². The summed E-state index contributed by atoms with van der Waals surface area (Å²) in [5, 5.41) is 10.2. The molecule has 0 radical (unpaired) electrons. The highest BCUT2D eigenvalue weighted by molar-refractivity contribution is 6.03. The molecule has 0 unspecified atom stereocenters. The van der Waals surface area contributed by atoms with Gasteiger partial charge in [0.15, 0.2) is 0 Å². The topological polar surface area (TPSA) is 90.5 Å². The average molecular weight is 541 g/mol. The van der Waals surface area contributed by atoms with Crippen LogP contribution in [-0.4, -0.2) is 25.1 Å². The Labute approximate surface area is 234 Å². The van der Waals surface area contributed by atoms with E-state index in [-0.39, 0.29) is 5.52 Å². The molecule has 0 amide bonds. The standard InChI is InChI=1S/C33H22F2N6/c1-3-19-15-28(36)31-24(7-5-9-26(31)34)22(19)13-14-29-33-30(41-40-29)18-37-21(17-39-33)11-12-23-20(4-2)16-38-32-25(23)8-6-10-27(32)35/h3-18H,1-2,36H2/b12-11+,14-13+. The maximum atomic E-state index is 14.6. The quantitative estimate of drug-likeness (QED) is 0.219. The van der Waals surface area contributed by atoms with Gasteiger partial charge in [-0.05, 0) is 52.4 Å². The SMILES string of the molecule is C=Cc1cnc2c(F)cccc2c1/C=C/c1cnc2c(/C=C/c3c(C=C)cc(N)c4c(F)cccc34)nnc-2cn1. The minimum Gasteiger partial charge on any atom is -0.398 e. The molecule has 4 aromatic rings. The Hall–Kier alpha value is -5.63. The zero-order valence-electron chi connectivity index (χ0n) is 21.7. The number of hydrogen-bond donors (Lipinski definition) is 1. The summed E-state index contributed by atoms with van der Waals surface area (Å²) in [6.45, 7) is 7.73. The summed E-state index contributed by atoms with van der Waals surface area (Å²) in [4.78, 5) is 13.3. The zero-order valence-corrected chi connectivity index (χ0v) is 21.7. The third-order valence-corrected chi connectivity index (χ3v) is 6.82. The van der Waals surface area contributed by atoms with Crippen molar-refractivity contribution in [3.05, 3.63) is 119 Å². The smallest absolute Gasteiger partial charge is 0.149 e. The van der Waals surface area contributed by atoms with Crippen LogP contribution in [0.25, 0.3) is 69.5 Å². The molecule has 0 fully saturated rings. The monoisotopic (exact) mass is 540 g/mol. The van der Waals surface area contributed by atoms with E-state index in [0.29, 0.717) is 44.6 Å². The van der Waals surface area contributed by atoms with Crippen LogP contribution >= 0.6 is 0 Å². The molecule has 3 heterocycles. The summed E-state index contributed by atoms with van der Waals surface area (Å²) >= 11 is 0. The van der Waals surface area contributed by atoms with Crippen molar-refractivity contribution < 1.29 is 8.78 Å². The van der Waals surface area contributed by atoms with Crippen molar-refractivity contribution >= 4 is 63.8 Å². The normalized spacial score (nSPS) is 11.8. The van der Waals surface area contributed by atoms with Gasteiger partial charge in [0.1, 0.15) is 34.2 Å². The number of pyridine rings is 1. The van der Waals surface area contributed by atoms with Gasteiger partial charge in [-0.1, -0.05) is 61.7 Å². The highest BCUT2D eigenvalue weighted by Crippen LogP contribution is 2.33. The van der Waals surface area contributed by atoms with Crippen LogP contribution < -0.4 is 5.73 Å². The fraction of sp³-hybridized carbons (Fsp3) is 0. The molecule has 0 aliphatic carbocycles. The molecule has 0 bridgehead atoms. The van der Waals surface area contributed by atoms with E-state index in [4.69, 9.17) is 5.73 Å². The lowest BCUT2D eigenvalue weighted by Gasteiger charge is -2.10. The van der Waals surface area contributed by atoms with E-state index in [1.165, 1.54) is 12.1 Å². The Bertz CT molecular complexity index is 2030. The Morgan fingerprint density at radius 1 is 0.707 bits per heavy atom. The minimum atomic E-state index is -0.395. The number of aromatic nitrogens is 5. The van der Waals surface area contributed by atoms with E-state index in [1.807, 2.05) is 24.3 Å². The fourth-order valence-corrected chi connectivity index (χ4v) is 4.82. The van der Waals surface area contributed by atoms with E-state index in [1.54, 1.807) is 61.1 Å². The molecular weight excluding hydrogens is 518 g/mol. The zero-order chi connectivity index (χ0) is 28.5. The van der Waals surface area contributed by atoms with E-state index in [2.05, 4.69) is 38.3 Å². The van der Waals surface area contributed by atoms with Crippen LogP contribution in [0.15, 0.2) is 74.2 Å². The number of nitrogens with two attached hydrogens (primary N) is 1. The van der Waals surface area contributed by atoms with Crippen molar-refractivity contribution in [3.8, 4) is 11.4 Å². The van der Waals surface area contributed by atoms with Crippen molar-refractivity contribution in [2.24, 2.45) is 0 Å². The molecule has 2 aliphatic heterocycles. The fourth-order valence-electron chi connectivity index (χ4n) is 4.82. The van der Waals surface area contributed by atoms with Gasteiger partial charge in [-0.2, -0.15) is 0 Å². The maximum absolute atomic E-state index is 14.6. The summed E-state index contributed by atoms with van der Waals surface area (Å²) in [6.07, 6.45) is 15.4. The van der Waals surface area contributed by atoms with Gasteiger partial charge in [0.25, 0.3) is 0 Å². The molecule has 0 atom stereocenters. The van der Waals surface area contributed by atoms with Crippen LogP contribution in [0, 0.1) is 11.6 Å².